The Hall–Kier alpha value is -1.91. The molecule has 0 aromatic rings. The summed E-state index contributed by atoms with van der Waals surface area (Å²) < 4.78 is 9.87. The highest BCUT2D eigenvalue weighted by atomic mass is 16.5. The molecule has 0 fully saturated rings. The molecule has 0 aromatic heterocycles. The number of hydrogen-bond acceptors (Lipinski definition) is 5. The van der Waals surface area contributed by atoms with Gasteiger partial charge in [0.05, 0.1) is 25.4 Å². The lowest BCUT2D eigenvalue weighted by Gasteiger charge is -2.00. The number of allylic oxidation sites excluding steroid dienone is 2. The van der Waals surface area contributed by atoms with Crippen molar-refractivity contribution in [3.05, 3.63) is 24.7 Å². The van der Waals surface area contributed by atoms with Crippen molar-refractivity contribution in [2.75, 3.05) is 0 Å². The van der Waals surface area contributed by atoms with Crippen molar-refractivity contribution in [3.8, 4) is 0 Å². The van der Waals surface area contributed by atoms with Gasteiger partial charge in [0.1, 0.15) is 5.78 Å². The lowest BCUT2D eigenvalue weighted by Crippen LogP contribution is -2.06. The van der Waals surface area contributed by atoms with Crippen LogP contribution in [0.3, 0.4) is 0 Å². The van der Waals surface area contributed by atoms with Crippen LogP contribution in [0.25, 0.3) is 0 Å². The smallest absolute Gasteiger partial charge is 0.311 e. The van der Waals surface area contributed by atoms with Crippen LogP contribution >= 0.6 is 0 Å². The summed E-state index contributed by atoms with van der Waals surface area (Å²) in [6, 6.07) is 0. The Morgan fingerprint density at radius 2 is 1.00 bits per heavy atom. The van der Waals surface area contributed by atoms with E-state index >= 15 is 0 Å². The molecule has 0 saturated heterocycles. The number of esters is 2. The molecular formula is C23H40O5. The first-order valence-corrected chi connectivity index (χ1v) is 10.6. The van der Waals surface area contributed by atoms with Crippen LogP contribution < -0.4 is 0 Å². The first-order chi connectivity index (χ1) is 13.4. The second-order valence-corrected chi connectivity index (χ2v) is 6.83. The standard InChI is InChI=1S/C20H34O4.C3H6O/c1-3-5-7-9-11-13-17-23-19(21)15-16-20(22)24-18-14-12-10-8-6-4-2;1-3(2)4/h13-14,17-18H,3-12,15-16H2,1-2H3;1-2H3. The van der Waals surface area contributed by atoms with E-state index in [1.165, 1.54) is 64.9 Å². The van der Waals surface area contributed by atoms with Crippen molar-refractivity contribution in [2.45, 2.75) is 105 Å². The third-order valence-electron chi connectivity index (χ3n) is 3.57. The molecule has 0 aliphatic heterocycles. The van der Waals surface area contributed by atoms with Gasteiger partial charge in [-0.05, 0) is 51.7 Å². The first-order valence-electron chi connectivity index (χ1n) is 10.6. The molecule has 0 aromatic carbocycles. The van der Waals surface area contributed by atoms with Gasteiger partial charge in [0.15, 0.2) is 0 Å². The Morgan fingerprint density at radius 1 is 0.643 bits per heavy atom. The Labute approximate surface area is 171 Å². The zero-order valence-electron chi connectivity index (χ0n) is 18.3. The number of ketones is 1. The van der Waals surface area contributed by atoms with Crippen molar-refractivity contribution in [2.24, 2.45) is 0 Å². The van der Waals surface area contributed by atoms with Gasteiger partial charge in [-0.3, -0.25) is 9.59 Å². The first kappa shape index (κ1) is 28.3. The molecule has 0 heterocycles. The molecule has 0 N–H and O–H groups in total. The fourth-order valence-corrected chi connectivity index (χ4v) is 2.08. The summed E-state index contributed by atoms with van der Waals surface area (Å²) >= 11 is 0. The van der Waals surface area contributed by atoms with E-state index in [1.807, 2.05) is 12.2 Å². The van der Waals surface area contributed by atoms with Crippen LogP contribution in [0.15, 0.2) is 24.7 Å². The fourth-order valence-electron chi connectivity index (χ4n) is 2.08. The summed E-state index contributed by atoms with van der Waals surface area (Å²) in [7, 11) is 0. The van der Waals surface area contributed by atoms with E-state index in [1.54, 1.807) is 0 Å². The van der Waals surface area contributed by atoms with Crippen LogP contribution in [0.2, 0.25) is 0 Å². The van der Waals surface area contributed by atoms with E-state index < -0.39 is 11.9 Å². The molecule has 0 saturated carbocycles. The molecule has 0 rings (SSSR count). The van der Waals surface area contributed by atoms with Gasteiger partial charge in [-0.2, -0.15) is 0 Å². The SMILES string of the molecule is CC(C)=O.CCCCCCC=COC(=O)CCC(=O)OC=CCCCCCC. The van der Waals surface area contributed by atoms with Gasteiger partial charge in [-0.25, -0.2) is 0 Å². The van der Waals surface area contributed by atoms with Crippen LogP contribution in [0.5, 0.6) is 0 Å². The minimum absolute atomic E-state index is 0.0450. The highest BCUT2D eigenvalue weighted by molar-refractivity contribution is 5.78. The third-order valence-corrected chi connectivity index (χ3v) is 3.57. The number of rotatable bonds is 15. The van der Waals surface area contributed by atoms with Crippen molar-refractivity contribution >= 4 is 17.7 Å². The fraction of sp³-hybridized carbons (Fsp3) is 0.696. The Bertz CT molecular complexity index is 412. The number of carbonyl (C=O) groups excluding carboxylic acids is 3. The second-order valence-electron chi connectivity index (χ2n) is 6.83. The number of carbonyl (C=O) groups is 3. The zero-order valence-corrected chi connectivity index (χ0v) is 18.3. The van der Waals surface area contributed by atoms with Gasteiger partial charge in [-0.15, -0.1) is 0 Å². The summed E-state index contributed by atoms with van der Waals surface area (Å²) in [5.41, 5.74) is 0. The monoisotopic (exact) mass is 396 g/mol. The number of Topliss-reactive ketones (excluding diaryl/α,β-unsaturated/α-hetero) is 1. The van der Waals surface area contributed by atoms with Gasteiger partial charge in [-0.1, -0.05) is 52.4 Å². The largest absolute Gasteiger partial charge is 0.435 e. The zero-order chi connectivity index (χ0) is 21.5. The van der Waals surface area contributed by atoms with E-state index in [-0.39, 0.29) is 18.6 Å². The molecule has 0 spiro atoms. The lowest BCUT2D eigenvalue weighted by molar-refractivity contribution is -0.144. The van der Waals surface area contributed by atoms with Crippen LogP contribution in [0.1, 0.15) is 105 Å². The molecule has 0 aliphatic rings. The summed E-state index contributed by atoms with van der Waals surface area (Å²) in [5, 5.41) is 0. The van der Waals surface area contributed by atoms with Gasteiger partial charge in [0.25, 0.3) is 0 Å². The number of hydrogen-bond donors (Lipinski definition) is 0. The Kier molecular flexibility index (Phi) is 23.4. The quantitative estimate of drug-likeness (QED) is 0.181. The predicted octanol–water partition coefficient (Wildman–Crippen LogP) is 6.42. The molecule has 0 radical (unpaired) electrons. The molecule has 5 heteroatoms. The predicted molar refractivity (Wildman–Crippen MR) is 114 cm³/mol. The summed E-state index contributed by atoms with van der Waals surface area (Å²) in [6.07, 6.45) is 18.0. The van der Waals surface area contributed by atoms with E-state index in [9.17, 15) is 14.4 Å². The van der Waals surface area contributed by atoms with Gasteiger partial charge >= 0.3 is 11.9 Å². The van der Waals surface area contributed by atoms with Crippen molar-refractivity contribution in [3.63, 3.8) is 0 Å². The van der Waals surface area contributed by atoms with Crippen LogP contribution in [-0.2, 0) is 23.9 Å². The van der Waals surface area contributed by atoms with Gasteiger partial charge in [0.2, 0.25) is 0 Å². The molecule has 0 amide bonds. The highest BCUT2D eigenvalue weighted by Crippen LogP contribution is 2.04. The van der Waals surface area contributed by atoms with Crippen molar-refractivity contribution in [1.82, 2.24) is 0 Å². The third kappa shape index (κ3) is 28.9. The maximum atomic E-state index is 11.5. The average molecular weight is 397 g/mol. The topological polar surface area (TPSA) is 69.7 Å². The van der Waals surface area contributed by atoms with Gasteiger partial charge in [0, 0.05) is 0 Å². The molecule has 28 heavy (non-hydrogen) atoms. The Balaban J connectivity index is 0. The summed E-state index contributed by atoms with van der Waals surface area (Å²) in [5.74, 6) is -0.638. The maximum Gasteiger partial charge on any atom is 0.311 e. The van der Waals surface area contributed by atoms with Crippen molar-refractivity contribution in [1.29, 1.82) is 0 Å². The summed E-state index contributed by atoms with van der Waals surface area (Å²) in [4.78, 5) is 32.4. The average Bonchev–Trinajstić information content (AvgIpc) is 2.64. The molecule has 162 valence electrons. The normalized spacial score (nSPS) is 10.6. The van der Waals surface area contributed by atoms with Crippen LogP contribution in [0, 0.1) is 0 Å². The van der Waals surface area contributed by atoms with Crippen molar-refractivity contribution < 1.29 is 23.9 Å². The van der Waals surface area contributed by atoms with E-state index in [4.69, 9.17) is 9.47 Å². The number of unbranched alkanes of at least 4 members (excludes halogenated alkanes) is 8. The van der Waals surface area contributed by atoms with E-state index in [2.05, 4.69) is 13.8 Å². The minimum Gasteiger partial charge on any atom is -0.435 e. The second kappa shape index (κ2) is 23.1. The highest BCUT2D eigenvalue weighted by Gasteiger charge is 2.07. The molecule has 5 nitrogen and oxygen atoms in total. The molecule has 0 unspecified atom stereocenters. The minimum atomic E-state index is -0.402. The molecular weight excluding hydrogens is 356 g/mol. The summed E-state index contributed by atoms with van der Waals surface area (Å²) in [6.45, 7) is 7.40. The van der Waals surface area contributed by atoms with E-state index in [0.717, 1.165) is 25.7 Å². The van der Waals surface area contributed by atoms with Crippen LogP contribution in [-0.4, -0.2) is 17.7 Å². The van der Waals surface area contributed by atoms with Crippen LogP contribution in [0.4, 0.5) is 0 Å². The Morgan fingerprint density at radius 3 is 1.32 bits per heavy atom. The molecule has 0 bridgehead atoms. The van der Waals surface area contributed by atoms with E-state index in [0.29, 0.717) is 0 Å². The lowest BCUT2D eigenvalue weighted by atomic mass is 10.1. The van der Waals surface area contributed by atoms with Gasteiger partial charge < -0.3 is 14.3 Å². The molecule has 0 aliphatic carbocycles. The number of ether oxygens (including phenoxy) is 2. The molecule has 0 atom stereocenters. The maximum absolute atomic E-state index is 11.5.